The second-order valence-corrected chi connectivity index (χ2v) is 5.08. The fourth-order valence-corrected chi connectivity index (χ4v) is 2.35. The number of nitrogens with zero attached hydrogens (tertiary/aromatic N) is 2. The number of benzene rings is 1. The van der Waals surface area contributed by atoms with Gasteiger partial charge in [0.25, 0.3) is 0 Å². The number of hydrogen-bond acceptors (Lipinski definition) is 2. The zero-order valence-electron chi connectivity index (χ0n) is 10.8. The molecule has 0 N–H and O–H groups in total. The van der Waals surface area contributed by atoms with Crippen molar-refractivity contribution < 1.29 is 4.79 Å². The molecule has 1 heterocycles. The summed E-state index contributed by atoms with van der Waals surface area (Å²) in [5, 5.41) is 5.18. The molecule has 2 aromatic rings. The Morgan fingerprint density at radius 2 is 2.11 bits per heavy atom. The molecular weight excluding hydrogens is 283 g/mol. The molecule has 0 amide bonds. The van der Waals surface area contributed by atoms with Gasteiger partial charge in [-0.3, -0.25) is 9.48 Å². The third-order valence-corrected chi connectivity index (χ3v) is 3.73. The van der Waals surface area contributed by atoms with Crippen molar-refractivity contribution >= 4 is 29.0 Å². The monoisotopic (exact) mass is 296 g/mol. The van der Waals surface area contributed by atoms with Gasteiger partial charge in [-0.25, -0.2) is 0 Å². The highest BCUT2D eigenvalue weighted by Crippen LogP contribution is 2.26. The summed E-state index contributed by atoms with van der Waals surface area (Å²) in [5.41, 5.74) is 2.18. The predicted octanol–water partition coefficient (Wildman–Crippen LogP) is 3.94. The van der Waals surface area contributed by atoms with Gasteiger partial charge in [0.1, 0.15) is 5.69 Å². The van der Waals surface area contributed by atoms with Crippen LogP contribution >= 0.6 is 23.2 Å². The maximum atomic E-state index is 12.3. The van der Waals surface area contributed by atoms with E-state index in [0.717, 1.165) is 11.3 Å². The van der Waals surface area contributed by atoms with Crippen LogP contribution in [0.5, 0.6) is 0 Å². The zero-order chi connectivity index (χ0) is 14.0. The molecule has 0 atom stereocenters. The largest absolute Gasteiger partial charge is 0.292 e. The first kappa shape index (κ1) is 14.1. The number of Topliss-reactive ketones (excluding diaryl/α,β-unsaturated/α-hetero) is 1. The lowest BCUT2D eigenvalue weighted by molar-refractivity contribution is 0.0983. The Kier molecular flexibility index (Phi) is 4.27. The SMILES string of the molecule is CCn1nc(C)cc1C(=O)Cc1cccc(Cl)c1Cl. The van der Waals surface area contributed by atoms with E-state index in [2.05, 4.69) is 5.10 Å². The molecule has 1 aromatic heterocycles. The Bertz CT molecular complexity index is 620. The van der Waals surface area contributed by atoms with Gasteiger partial charge >= 0.3 is 0 Å². The van der Waals surface area contributed by atoms with Crippen molar-refractivity contribution in [2.45, 2.75) is 26.8 Å². The van der Waals surface area contributed by atoms with E-state index in [-0.39, 0.29) is 12.2 Å². The summed E-state index contributed by atoms with van der Waals surface area (Å²) in [6, 6.07) is 7.10. The molecule has 3 nitrogen and oxygen atoms in total. The van der Waals surface area contributed by atoms with Crippen LogP contribution in [-0.2, 0) is 13.0 Å². The first-order valence-corrected chi connectivity index (χ1v) is 6.79. The fraction of sp³-hybridized carbons (Fsp3) is 0.286. The highest BCUT2D eigenvalue weighted by molar-refractivity contribution is 6.42. The molecule has 0 bridgehead atoms. The normalized spacial score (nSPS) is 10.7. The van der Waals surface area contributed by atoms with Gasteiger partial charge < -0.3 is 0 Å². The van der Waals surface area contributed by atoms with Crippen molar-refractivity contribution in [2.24, 2.45) is 0 Å². The van der Waals surface area contributed by atoms with Gasteiger partial charge in [0.2, 0.25) is 0 Å². The number of carbonyl (C=O) groups is 1. The van der Waals surface area contributed by atoms with Crippen LogP contribution in [0, 0.1) is 6.92 Å². The second-order valence-electron chi connectivity index (χ2n) is 4.30. The van der Waals surface area contributed by atoms with Gasteiger partial charge in [0, 0.05) is 13.0 Å². The van der Waals surface area contributed by atoms with Gasteiger partial charge in [-0.1, -0.05) is 35.3 Å². The lowest BCUT2D eigenvalue weighted by atomic mass is 10.1. The Labute approximate surface area is 122 Å². The Balaban J connectivity index is 2.28. The maximum Gasteiger partial charge on any atom is 0.185 e. The van der Waals surface area contributed by atoms with Crippen LogP contribution in [0.15, 0.2) is 24.3 Å². The summed E-state index contributed by atoms with van der Waals surface area (Å²) in [7, 11) is 0. The highest BCUT2D eigenvalue weighted by atomic mass is 35.5. The number of carbonyl (C=O) groups excluding carboxylic acids is 1. The smallest absolute Gasteiger partial charge is 0.185 e. The first-order valence-electron chi connectivity index (χ1n) is 6.03. The molecule has 2 rings (SSSR count). The summed E-state index contributed by atoms with van der Waals surface area (Å²) in [6.45, 7) is 4.49. The predicted molar refractivity (Wildman–Crippen MR) is 77.1 cm³/mol. The van der Waals surface area contributed by atoms with E-state index in [1.165, 1.54) is 0 Å². The topological polar surface area (TPSA) is 34.9 Å². The van der Waals surface area contributed by atoms with Crippen molar-refractivity contribution in [1.82, 2.24) is 9.78 Å². The number of aryl methyl sites for hydroxylation is 2. The van der Waals surface area contributed by atoms with Crippen LogP contribution in [0.3, 0.4) is 0 Å². The average molecular weight is 297 g/mol. The van der Waals surface area contributed by atoms with E-state index in [9.17, 15) is 4.79 Å². The van der Waals surface area contributed by atoms with E-state index in [0.29, 0.717) is 22.3 Å². The summed E-state index contributed by atoms with van der Waals surface area (Å²) in [4.78, 5) is 12.3. The average Bonchev–Trinajstić information content (AvgIpc) is 2.76. The molecular formula is C14H14Cl2N2O. The van der Waals surface area contributed by atoms with Crippen LogP contribution in [0.2, 0.25) is 10.0 Å². The lowest BCUT2D eigenvalue weighted by Crippen LogP contribution is -2.12. The molecule has 0 unspecified atom stereocenters. The quantitative estimate of drug-likeness (QED) is 0.801. The van der Waals surface area contributed by atoms with Crippen molar-refractivity contribution in [3.05, 3.63) is 51.3 Å². The summed E-state index contributed by atoms with van der Waals surface area (Å²) in [6.07, 6.45) is 0.227. The highest BCUT2D eigenvalue weighted by Gasteiger charge is 2.15. The van der Waals surface area contributed by atoms with Gasteiger partial charge in [0.05, 0.1) is 15.7 Å². The molecule has 1 aromatic carbocycles. The zero-order valence-corrected chi connectivity index (χ0v) is 12.3. The van der Waals surface area contributed by atoms with Crippen molar-refractivity contribution in [3.63, 3.8) is 0 Å². The minimum atomic E-state index is -0.00776. The van der Waals surface area contributed by atoms with Crippen molar-refractivity contribution in [3.8, 4) is 0 Å². The van der Waals surface area contributed by atoms with E-state index >= 15 is 0 Å². The number of aromatic nitrogens is 2. The molecule has 19 heavy (non-hydrogen) atoms. The summed E-state index contributed by atoms with van der Waals surface area (Å²) in [5.74, 6) is -0.00776. The van der Waals surface area contributed by atoms with Crippen LogP contribution < -0.4 is 0 Å². The van der Waals surface area contributed by atoms with Crippen molar-refractivity contribution in [1.29, 1.82) is 0 Å². The molecule has 0 aliphatic rings. The molecule has 0 fully saturated rings. The van der Waals surface area contributed by atoms with Crippen LogP contribution in [0.25, 0.3) is 0 Å². The molecule has 0 aliphatic heterocycles. The van der Waals surface area contributed by atoms with E-state index < -0.39 is 0 Å². The number of rotatable bonds is 4. The molecule has 0 spiro atoms. The van der Waals surface area contributed by atoms with Gasteiger partial charge in [-0.05, 0) is 31.5 Å². The minimum absolute atomic E-state index is 0.00776. The standard InChI is InChI=1S/C14H14Cl2N2O/c1-3-18-12(7-9(2)17-18)13(19)8-10-5-4-6-11(15)14(10)16/h4-7H,3,8H2,1-2H3. The van der Waals surface area contributed by atoms with Gasteiger partial charge in [0.15, 0.2) is 5.78 Å². The molecule has 0 aliphatic carbocycles. The van der Waals surface area contributed by atoms with Crippen LogP contribution in [-0.4, -0.2) is 15.6 Å². The Morgan fingerprint density at radius 3 is 2.79 bits per heavy atom. The summed E-state index contributed by atoms with van der Waals surface area (Å²) >= 11 is 12.0. The number of hydrogen-bond donors (Lipinski definition) is 0. The number of ketones is 1. The summed E-state index contributed by atoms with van der Waals surface area (Å²) < 4.78 is 1.70. The Hall–Kier alpha value is -1.32. The van der Waals surface area contributed by atoms with E-state index in [4.69, 9.17) is 23.2 Å². The molecule has 0 radical (unpaired) electrons. The van der Waals surface area contributed by atoms with E-state index in [1.54, 1.807) is 22.9 Å². The third-order valence-electron chi connectivity index (χ3n) is 2.87. The fourth-order valence-electron chi connectivity index (χ4n) is 1.96. The van der Waals surface area contributed by atoms with Gasteiger partial charge in [-0.2, -0.15) is 5.10 Å². The lowest BCUT2D eigenvalue weighted by Gasteiger charge is -2.06. The molecule has 5 heteroatoms. The molecule has 0 saturated heterocycles. The molecule has 100 valence electrons. The van der Waals surface area contributed by atoms with E-state index in [1.807, 2.05) is 19.9 Å². The first-order chi connectivity index (χ1) is 9.02. The maximum absolute atomic E-state index is 12.3. The third kappa shape index (κ3) is 2.99. The molecule has 0 saturated carbocycles. The second kappa shape index (κ2) is 5.76. The van der Waals surface area contributed by atoms with Crippen molar-refractivity contribution in [2.75, 3.05) is 0 Å². The Morgan fingerprint density at radius 1 is 1.37 bits per heavy atom. The number of halogens is 2. The van der Waals surface area contributed by atoms with Crippen LogP contribution in [0.1, 0.15) is 28.7 Å². The minimum Gasteiger partial charge on any atom is -0.292 e. The van der Waals surface area contributed by atoms with Gasteiger partial charge in [-0.15, -0.1) is 0 Å². The van der Waals surface area contributed by atoms with Crippen LogP contribution in [0.4, 0.5) is 0 Å².